The summed E-state index contributed by atoms with van der Waals surface area (Å²) in [5, 5.41) is 143. The molecular formula is C93H121Cl2N12O26+. The molecule has 0 radical (unpaired) electrons. The number of carboxylic acid groups (broad SMARTS) is 1. The van der Waals surface area contributed by atoms with Crippen LogP contribution in [-0.4, -0.2) is 248 Å². The molecule has 133 heavy (non-hydrogen) atoms. The van der Waals surface area contributed by atoms with Crippen molar-refractivity contribution in [3.63, 3.8) is 0 Å². The van der Waals surface area contributed by atoms with Crippen molar-refractivity contribution in [1.82, 2.24) is 53.2 Å². The third-order valence-electron chi connectivity index (χ3n) is 24.3. The van der Waals surface area contributed by atoms with Crippen molar-refractivity contribution in [2.45, 2.75) is 240 Å². The number of aliphatic hydroxyl groups is 6. The molecule has 0 aromatic heterocycles. The molecule has 6 aromatic rings. The largest absolute Gasteiger partial charge is 0.508 e. The predicted octanol–water partition coefficient (Wildman–Crippen LogP) is 5.17. The van der Waals surface area contributed by atoms with Gasteiger partial charge in [-0.2, -0.15) is 0 Å². The van der Waals surface area contributed by atoms with E-state index in [0.29, 0.717) is 41.7 Å². The lowest BCUT2D eigenvalue weighted by molar-refractivity contribution is -0.882. The summed E-state index contributed by atoms with van der Waals surface area (Å²) in [4.78, 5) is 145. The number of likely N-dealkylation sites (N-methyl/N-ethyl adjacent to an activating group) is 2. The number of hydrogen-bond acceptors (Lipinski definition) is 27. The number of carbonyl (C=O) groups excluding carboxylic acids is 9. The van der Waals surface area contributed by atoms with E-state index in [-0.39, 0.29) is 71.1 Å². The van der Waals surface area contributed by atoms with Crippen molar-refractivity contribution in [2.24, 2.45) is 11.7 Å². The minimum atomic E-state index is -2.38. The molecule has 2 fully saturated rings. The fourth-order valence-corrected chi connectivity index (χ4v) is 17.3. The van der Waals surface area contributed by atoms with Gasteiger partial charge < -0.3 is 143 Å². The highest BCUT2D eigenvalue weighted by Crippen LogP contribution is 2.50. The van der Waals surface area contributed by atoms with Crippen LogP contribution >= 0.6 is 23.2 Å². The van der Waals surface area contributed by atoms with Gasteiger partial charge in [-0.25, -0.2) is 4.79 Å². The van der Waals surface area contributed by atoms with Crippen molar-refractivity contribution < 1.29 is 132 Å². The van der Waals surface area contributed by atoms with E-state index in [9.17, 15) is 75.0 Å². The number of amides is 9. The van der Waals surface area contributed by atoms with Gasteiger partial charge in [0, 0.05) is 66.3 Å². The van der Waals surface area contributed by atoms with Gasteiger partial charge in [-0.1, -0.05) is 132 Å². The van der Waals surface area contributed by atoms with E-state index < -0.39 is 237 Å². The SMILES string of the molecule is CCCCCCCCCCCCNC(=O)C[N+](C)(C)CCCNC(=O)c1ccc(CN[C@@]2(C)C[C@H](O[C@H]3[C@H](Oc4c5cc6cc4Oc4ccc(cc4Cl)[C@@H](O)[C@@H](NC(=O)[C@@H](CC(C)C)NC)C(=O)N[C@@H](CC(N)=O)C(=O)N[C@H]6C(=O)N[C@H]4C(=O)N[C@H](C(=O)N[C@H](C(=O)O)c6cc(O)cc(O)c6-c6cc4ccc6O)[C@H](O)c4ccc(c(Cl)c4)O5)O[C@H](CO)[C@@H](O)[C@@H]3O)O[C@@H](C)[C@H]2O)cc1. The van der Waals surface area contributed by atoms with Crippen LogP contribution in [0.3, 0.4) is 0 Å². The summed E-state index contributed by atoms with van der Waals surface area (Å²) in [6, 6.07) is 5.92. The number of carboxylic acids is 1. The number of nitrogens with two attached hydrogens (primary N) is 1. The number of nitrogens with zero attached hydrogens (tertiary/aromatic N) is 1. The summed E-state index contributed by atoms with van der Waals surface area (Å²) in [6.45, 7) is 10.1. The van der Waals surface area contributed by atoms with Gasteiger partial charge in [-0.3, -0.25) is 43.2 Å². The molecule has 9 amide bonds. The Hall–Kier alpha value is -11.1. The van der Waals surface area contributed by atoms with Crippen LogP contribution in [0.15, 0.2) is 103 Å². The fraction of sp³-hybridized carbons (Fsp3) is 0.505. The normalized spacial score (nSPS) is 25.2. The van der Waals surface area contributed by atoms with Gasteiger partial charge in [-0.15, -0.1) is 0 Å². The van der Waals surface area contributed by atoms with Crippen LogP contribution in [-0.2, 0) is 63.9 Å². The van der Waals surface area contributed by atoms with Gasteiger partial charge >= 0.3 is 5.97 Å². The van der Waals surface area contributed by atoms with Crippen LogP contribution < -0.4 is 73.1 Å². The Morgan fingerprint density at radius 1 is 0.654 bits per heavy atom. The van der Waals surface area contributed by atoms with Gasteiger partial charge in [0.2, 0.25) is 53.4 Å². The number of benzene rings is 6. The number of aliphatic hydroxyl groups excluding tert-OH is 6. The van der Waals surface area contributed by atoms with Crippen molar-refractivity contribution >= 4 is 82.3 Å². The highest BCUT2D eigenvalue weighted by molar-refractivity contribution is 6.32. The monoisotopic (exact) mass is 1890 g/mol. The molecule has 38 nitrogen and oxygen atoms in total. The number of halogens is 2. The average Bonchev–Trinajstić information content (AvgIpc) is 0.795. The van der Waals surface area contributed by atoms with E-state index in [1.807, 2.05) is 27.9 Å². The molecule has 11 bridgehead atoms. The molecule has 7 aliphatic heterocycles. The number of quaternary nitrogens is 1. The van der Waals surface area contributed by atoms with Crippen LogP contribution in [0.5, 0.6) is 46.0 Å². The third kappa shape index (κ3) is 25.9. The number of aliphatic carboxylic acids is 1. The van der Waals surface area contributed by atoms with Crippen molar-refractivity contribution in [3.05, 3.63) is 152 Å². The number of primary amides is 1. The third-order valence-corrected chi connectivity index (χ3v) is 24.9. The second kappa shape index (κ2) is 45.8. The van der Waals surface area contributed by atoms with E-state index in [4.69, 9.17) is 57.4 Å². The summed E-state index contributed by atoms with van der Waals surface area (Å²) >= 11 is 14.4. The number of nitrogens with one attached hydrogen (secondary N) is 10. The summed E-state index contributed by atoms with van der Waals surface area (Å²) in [5.41, 5.74) is 2.60. The second-order valence-electron chi connectivity index (χ2n) is 35.6. The number of phenols is 3. The lowest BCUT2D eigenvalue weighted by atomic mass is 9.84. The van der Waals surface area contributed by atoms with E-state index in [1.54, 1.807) is 38.1 Å². The number of ether oxygens (including phenoxy) is 6. The van der Waals surface area contributed by atoms with Crippen LogP contribution in [0, 0.1) is 5.92 Å². The Bertz CT molecular complexity index is 5190. The molecule has 40 heteroatoms. The van der Waals surface area contributed by atoms with Crippen molar-refractivity contribution in [1.29, 1.82) is 0 Å². The number of rotatable bonds is 34. The van der Waals surface area contributed by atoms with Gasteiger partial charge in [0.25, 0.3) is 11.8 Å². The van der Waals surface area contributed by atoms with Crippen LogP contribution in [0.2, 0.25) is 10.0 Å². The zero-order chi connectivity index (χ0) is 96.6. The zero-order valence-electron chi connectivity index (χ0n) is 75.1. The number of unbranched alkanes of at least 4 members (excludes halogenated alkanes) is 9. The second-order valence-corrected chi connectivity index (χ2v) is 36.4. The minimum Gasteiger partial charge on any atom is -0.508 e. The summed E-state index contributed by atoms with van der Waals surface area (Å²) in [7, 11) is 5.42. The molecule has 0 spiro atoms. The smallest absolute Gasteiger partial charge is 0.330 e. The number of fused-ring (bicyclic) bond motifs is 15. The summed E-state index contributed by atoms with van der Waals surface area (Å²) in [6.07, 6.45) is -6.51. The molecule has 7 aliphatic rings. The van der Waals surface area contributed by atoms with E-state index in [2.05, 4.69) is 60.1 Å². The zero-order valence-corrected chi connectivity index (χ0v) is 76.6. The standard InChI is InChI=1S/C93H120Cl2N12O26/c1-9-10-11-12-13-14-15-16-17-18-30-98-69(113)44-107(7,8)32-19-31-99-84(119)49-22-20-48(21-23-49)43-100-93(5)42-70(128-47(4)83(93)118)132-82-80(117)79(116)67(45-108)131-92(82)133-81-65-37-53-38-66(81)130-64-29-26-52(36-58(64)95)78(115)76-90(125)104-74(91(126)127)56-39-54(109)40-62(111)71(56)55-34-50(24-27-61(55)110)72(87(122)106-76)103-88(123)73(53)102-86(121)60(41-68(96)112)101-89(124)75(105-85(120)59(97-6)33-46(2)3)77(114)51-25-28-63(129-65)57(94)35-51/h20-29,34-40,46-47,59-60,67,70,72-80,82-83,92,97,100,108,114-118H,9-19,30-33,41-45H2,1-8H3,(H13-,96,98,99,101,102,103,104,105,106,109,110,111,112,113,119,120,121,122,123,124,125,126,127)/p+1/t47-,59+,60-,67+,70-,72+,73+,74-,75+,76-,77+,78+,79+,80-,82+,83+,92-,93-/m0/s1. The van der Waals surface area contributed by atoms with Gasteiger partial charge in [-0.05, 0) is 134 Å². The lowest BCUT2D eigenvalue weighted by Gasteiger charge is -2.48. The molecular weight excluding hydrogens is 1770 g/mol. The molecule has 0 aliphatic carbocycles. The number of aromatic hydroxyl groups is 3. The minimum absolute atomic E-state index is 0.0253. The molecule has 722 valence electrons. The predicted molar refractivity (Wildman–Crippen MR) is 482 cm³/mol. The Labute approximate surface area is 778 Å². The highest BCUT2D eigenvalue weighted by atomic mass is 35.5. The first-order valence-corrected chi connectivity index (χ1v) is 45.3. The van der Waals surface area contributed by atoms with Crippen LogP contribution in [0.4, 0.5) is 0 Å². The molecule has 0 unspecified atom stereocenters. The Morgan fingerprint density at radius 3 is 1.86 bits per heavy atom. The summed E-state index contributed by atoms with van der Waals surface area (Å²) < 4.78 is 40.0. The first kappa shape index (κ1) is 102. The van der Waals surface area contributed by atoms with Crippen molar-refractivity contribution in [2.75, 3.05) is 53.9 Å². The quantitative estimate of drug-likeness (QED) is 0.0183. The first-order valence-electron chi connectivity index (χ1n) is 44.6. The van der Waals surface area contributed by atoms with Crippen molar-refractivity contribution in [3.8, 4) is 57.1 Å². The molecule has 22 N–H and O–H groups in total. The van der Waals surface area contributed by atoms with E-state index in [0.717, 1.165) is 86.0 Å². The number of carbonyl (C=O) groups is 10. The van der Waals surface area contributed by atoms with Gasteiger partial charge in [0.15, 0.2) is 36.5 Å². The maximum Gasteiger partial charge on any atom is 0.330 e. The molecule has 0 saturated carbocycles. The maximum atomic E-state index is 16.3. The molecule has 6 aromatic carbocycles. The fourth-order valence-electron chi connectivity index (χ4n) is 16.9. The average molecular weight is 1890 g/mol. The molecule has 2 saturated heterocycles. The van der Waals surface area contributed by atoms with Crippen LogP contribution in [0.1, 0.15) is 199 Å². The Kier molecular flexibility index (Phi) is 35.3. The Balaban J connectivity index is 0.951. The number of hydrogen-bond donors (Lipinski definition) is 21. The van der Waals surface area contributed by atoms with Gasteiger partial charge in [0.1, 0.15) is 89.5 Å². The van der Waals surface area contributed by atoms with E-state index >= 15 is 24.0 Å². The number of phenolic OH excluding ortho intramolecular Hbond substituents is 3. The maximum absolute atomic E-state index is 16.3. The molecule has 7 heterocycles. The lowest BCUT2D eigenvalue weighted by Crippen LogP contribution is -2.65. The molecule has 13 rings (SSSR count). The van der Waals surface area contributed by atoms with E-state index in [1.165, 1.54) is 64.1 Å². The topological polar surface area (TPSA) is 575 Å². The van der Waals surface area contributed by atoms with Crippen LogP contribution in [0.25, 0.3) is 11.1 Å². The summed E-state index contributed by atoms with van der Waals surface area (Å²) in [5.74, 6) is -16.6. The molecule has 18 atom stereocenters. The first-order chi connectivity index (χ1) is 63.2. The highest BCUT2D eigenvalue weighted by Gasteiger charge is 2.53. The van der Waals surface area contributed by atoms with Gasteiger partial charge in [0.05, 0.1) is 62.0 Å². The Morgan fingerprint density at radius 2 is 1.26 bits per heavy atom.